The maximum absolute atomic E-state index is 12.2. The summed E-state index contributed by atoms with van der Waals surface area (Å²) >= 11 is 1.26. The van der Waals surface area contributed by atoms with Crippen LogP contribution in [0.3, 0.4) is 0 Å². The Balaban J connectivity index is 1.41. The van der Waals surface area contributed by atoms with Gasteiger partial charge in [0.15, 0.2) is 5.16 Å². The second-order valence-electron chi connectivity index (χ2n) is 6.77. The van der Waals surface area contributed by atoms with E-state index in [-0.39, 0.29) is 23.5 Å². The van der Waals surface area contributed by atoms with Crippen LogP contribution in [0.5, 0.6) is 0 Å². The molecule has 1 saturated heterocycles. The van der Waals surface area contributed by atoms with E-state index in [9.17, 15) is 9.59 Å². The Morgan fingerprint density at radius 2 is 2.21 bits per heavy atom. The normalized spacial score (nSPS) is 17.5. The Kier molecular flexibility index (Phi) is 7.70. The van der Waals surface area contributed by atoms with Gasteiger partial charge in [0.1, 0.15) is 0 Å². The lowest BCUT2D eigenvalue weighted by Crippen LogP contribution is -2.47. The molecule has 0 radical (unpaired) electrons. The van der Waals surface area contributed by atoms with Crippen molar-refractivity contribution < 1.29 is 9.53 Å². The molecule has 1 aliphatic heterocycles. The standard InChI is InChI=1S/C19H27N5O3S/c1-2-8-24-18(26)21-22-19(24)28-14-17(25)20-11-16-13-23(9-10-27-16)12-15-6-4-3-5-7-15/h3-7,16H,2,8-14H2,1H3,(H,20,25)(H,21,26). The zero-order chi connectivity index (χ0) is 19.8. The zero-order valence-electron chi connectivity index (χ0n) is 16.1. The first-order valence-electron chi connectivity index (χ1n) is 9.58. The smallest absolute Gasteiger partial charge is 0.343 e. The average molecular weight is 406 g/mol. The first kappa shape index (κ1) is 20.6. The summed E-state index contributed by atoms with van der Waals surface area (Å²) in [4.78, 5) is 26.2. The molecule has 1 atom stereocenters. The van der Waals surface area contributed by atoms with Crippen LogP contribution in [0.15, 0.2) is 40.3 Å². The number of amides is 1. The molecule has 152 valence electrons. The Bertz CT molecular complexity index is 807. The van der Waals surface area contributed by atoms with E-state index in [0.29, 0.717) is 24.9 Å². The summed E-state index contributed by atoms with van der Waals surface area (Å²) < 4.78 is 7.35. The molecule has 0 spiro atoms. The Hall–Kier alpha value is -2.10. The van der Waals surface area contributed by atoms with Crippen LogP contribution in [-0.2, 0) is 22.6 Å². The summed E-state index contributed by atoms with van der Waals surface area (Å²) in [6.07, 6.45) is 0.813. The van der Waals surface area contributed by atoms with E-state index in [1.54, 1.807) is 4.57 Å². The highest BCUT2D eigenvalue weighted by Gasteiger charge is 2.21. The van der Waals surface area contributed by atoms with Crippen molar-refractivity contribution >= 4 is 17.7 Å². The number of carbonyl (C=O) groups is 1. The molecule has 0 aliphatic carbocycles. The van der Waals surface area contributed by atoms with Gasteiger partial charge in [0, 0.05) is 32.7 Å². The Labute approximate surface area is 168 Å². The van der Waals surface area contributed by atoms with Crippen LogP contribution in [0, 0.1) is 0 Å². The lowest BCUT2D eigenvalue weighted by atomic mass is 10.2. The van der Waals surface area contributed by atoms with E-state index in [1.165, 1.54) is 17.3 Å². The first-order valence-corrected chi connectivity index (χ1v) is 10.6. The van der Waals surface area contributed by atoms with Crippen LogP contribution in [0.25, 0.3) is 0 Å². The van der Waals surface area contributed by atoms with Gasteiger partial charge in [-0.25, -0.2) is 9.89 Å². The van der Waals surface area contributed by atoms with Crippen molar-refractivity contribution in [3.8, 4) is 0 Å². The number of nitrogens with zero attached hydrogens (tertiary/aromatic N) is 3. The molecule has 1 aromatic carbocycles. The number of ether oxygens (including phenoxy) is 1. The number of thioether (sulfide) groups is 1. The minimum absolute atomic E-state index is 0.0185. The average Bonchev–Trinajstić information content (AvgIpc) is 3.06. The van der Waals surface area contributed by atoms with Crippen molar-refractivity contribution in [2.75, 3.05) is 32.0 Å². The van der Waals surface area contributed by atoms with Gasteiger partial charge in [-0.3, -0.25) is 14.3 Å². The maximum atomic E-state index is 12.2. The highest BCUT2D eigenvalue weighted by atomic mass is 32.2. The van der Waals surface area contributed by atoms with Crippen LogP contribution >= 0.6 is 11.8 Å². The molecular weight excluding hydrogens is 378 g/mol. The van der Waals surface area contributed by atoms with Crippen LogP contribution in [0.1, 0.15) is 18.9 Å². The predicted octanol–water partition coefficient (Wildman–Crippen LogP) is 1.09. The molecule has 9 heteroatoms. The third-order valence-corrected chi connectivity index (χ3v) is 5.48. The number of rotatable bonds is 9. The number of nitrogens with one attached hydrogen (secondary N) is 2. The number of hydrogen-bond donors (Lipinski definition) is 2. The highest BCUT2D eigenvalue weighted by Crippen LogP contribution is 2.13. The summed E-state index contributed by atoms with van der Waals surface area (Å²) in [5, 5.41) is 9.89. The van der Waals surface area contributed by atoms with Crippen LogP contribution in [0.4, 0.5) is 0 Å². The van der Waals surface area contributed by atoms with Gasteiger partial charge in [-0.15, -0.1) is 5.10 Å². The molecule has 1 aromatic heterocycles. The molecule has 0 bridgehead atoms. The van der Waals surface area contributed by atoms with Crippen molar-refractivity contribution in [2.24, 2.45) is 0 Å². The molecule has 2 heterocycles. The summed E-state index contributed by atoms with van der Waals surface area (Å²) in [5.74, 6) is 0.126. The van der Waals surface area contributed by atoms with Gasteiger partial charge in [-0.2, -0.15) is 0 Å². The number of aromatic amines is 1. The second-order valence-corrected chi connectivity index (χ2v) is 7.71. The van der Waals surface area contributed by atoms with E-state index in [2.05, 4.69) is 32.5 Å². The SMILES string of the molecule is CCCn1c(SCC(=O)NCC2CN(Cc3ccccc3)CCO2)n[nH]c1=O. The van der Waals surface area contributed by atoms with E-state index >= 15 is 0 Å². The topological polar surface area (TPSA) is 92.2 Å². The summed E-state index contributed by atoms with van der Waals surface area (Å²) in [6.45, 7) is 6.30. The fourth-order valence-corrected chi connectivity index (χ4v) is 3.93. The maximum Gasteiger partial charge on any atom is 0.343 e. The molecule has 2 N–H and O–H groups in total. The largest absolute Gasteiger partial charge is 0.374 e. The highest BCUT2D eigenvalue weighted by molar-refractivity contribution is 7.99. The van der Waals surface area contributed by atoms with Crippen LogP contribution in [-0.4, -0.2) is 63.7 Å². The molecule has 28 heavy (non-hydrogen) atoms. The summed E-state index contributed by atoms with van der Waals surface area (Å²) in [6, 6.07) is 10.4. The van der Waals surface area contributed by atoms with E-state index in [0.717, 1.165) is 26.1 Å². The second kappa shape index (κ2) is 10.4. The molecule has 1 unspecified atom stereocenters. The number of carbonyl (C=O) groups excluding carboxylic acids is 1. The van der Waals surface area contributed by atoms with Crippen molar-refractivity contribution in [2.45, 2.75) is 37.7 Å². The predicted molar refractivity (Wildman–Crippen MR) is 108 cm³/mol. The fraction of sp³-hybridized carbons (Fsp3) is 0.526. The lowest BCUT2D eigenvalue weighted by molar-refractivity contribution is -0.119. The number of benzene rings is 1. The minimum atomic E-state index is -0.237. The Morgan fingerprint density at radius 1 is 1.39 bits per heavy atom. The summed E-state index contributed by atoms with van der Waals surface area (Å²) in [5.41, 5.74) is 1.04. The van der Waals surface area contributed by atoms with Gasteiger partial charge in [0.2, 0.25) is 5.91 Å². The van der Waals surface area contributed by atoms with E-state index in [4.69, 9.17) is 4.74 Å². The van der Waals surface area contributed by atoms with E-state index < -0.39 is 0 Å². The third kappa shape index (κ3) is 5.95. The van der Waals surface area contributed by atoms with Gasteiger partial charge in [0.05, 0.1) is 18.5 Å². The molecule has 1 aliphatic rings. The molecular formula is C19H27N5O3S. The number of H-pyrrole nitrogens is 1. The lowest BCUT2D eigenvalue weighted by Gasteiger charge is -2.33. The number of aromatic nitrogens is 3. The number of morpholine rings is 1. The third-order valence-electron chi connectivity index (χ3n) is 4.50. The number of hydrogen-bond acceptors (Lipinski definition) is 6. The van der Waals surface area contributed by atoms with Gasteiger partial charge < -0.3 is 10.1 Å². The van der Waals surface area contributed by atoms with Crippen molar-refractivity contribution in [1.29, 1.82) is 0 Å². The molecule has 0 saturated carbocycles. The van der Waals surface area contributed by atoms with E-state index in [1.807, 2.05) is 25.1 Å². The first-order chi connectivity index (χ1) is 13.7. The van der Waals surface area contributed by atoms with Crippen LogP contribution < -0.4 is 11.0 Å². The van der Waals surface area contributed by atoms with Gasteiger partial charge >= 0.3 is 5.69 Å². The van der Waals surface area contributed by atoms with Crippen molar-refractivity contribution in [1.82, 2.24) is 25.0 Å². The van der Waals surface area contributed by atoms with Gasteiger partial charge in [0.25, 0.3) is 0 Å². The molecule has 2 aromatic rings. The minimum Gasteiger partial charge on any atom is -0.374 e. The fourth-order valence-electron chi connectivity index (χ4n) is 3.13. The molecule has 3 rings (SSSR count). The zero-order valence-corrected chi connectivity index (χ0v) is 16.9. The van der Waals surface area contributed by atoms with Crippen molar-refractivity contribution in [3.63, 3.8) is 0 Å². The quantitative estimate of drug-likeness (QED) is 0.607. The monoisotopic (exact) mass is 405 g/mol. The summed E-state index contributed by atoms with van der Waals surface area (Å²) in [7, 11) is 0. The molecule has 1 fully saturated rings. The van der Waals surface area contributed by atoms with Gasteiger partial charge in [-0.05, 0) is 12.0 Å². The molecule has 8 nitrogen and oxygen atoms in total. The molecule has 1 amide bonds. The van der Waals surface area contributed by atoms with Gasteiger partial charge in [-0.1, -0.05) is 49.0 Å². The van der Waals surface area contributed by atoms with Crippen LogP contribution in [0.2, 0.25) is 0 Å². The Morgan fingerprint density at radius 3 is 3.00 bits per heavy atom. The van der Waals surface area contributed by atoms with Crippen molar-refractivity contribution in [3.05, 3.63) is 46.4 Å².